The van der Waals surface area contributed by atoms with Crippen molar-refractivity contribution in [2.45, 2.75) is 25.8 Å². The number of ether oxygens (including phenoxy) is 1. The molecule has 3 heteroatoms. The Kier molecular flexibility index (Phi) is 5.61. The lowest BCUT2D eigenvalue weighted by molar-refractivity contribution is 0.258. The molecular weight excluding hydrogens is 200 g/mol. The van der Waals surface area contributed by atoms with Crippen LogP contribution in [0.4, 0.5) is 0 Å². The summed E-state index contributed by atoms with van der Waals surface area (Å²) in [5.74, 6) is 6.34. The Morgan fingerprint density at radius 3 is 2.69 bits per heavy atom. The zero-order valence-corrected chi connectivity index (χ0v) is 9.78. The Bertz CT molecular complexity index is 311. The molecule has 1 rings (SSSR count). The van der Waals surface area contributed by atoms with E-state index in [2.05, 4.69) is 12.0 Å². The SMILES string of the molecule is C=C(C)CCC(COc1ccccc1)NN. The van der Waals surface area contributed by atoms with Crippen molar-refractivity contribution in [3.63, 3.8) is 0 Å². The van der Waals surface area contributed by atoms with E-state index >= 15 is 0 Å². The minimum Gasteiger partial charge on any atom is -0.492 e. The summed E-state index contributed by atoms with van der Waals surface area (Å²) in [5.41, 5.74) is 3.93. The van der Waals surface area contributed by atoms with E-state index in [1.54, 1.807) is 0 Å². The minimum absolute atomic E-state index is 0.164. The molecule has 0 aromatic heterocycles. The van der Waals surface area contributed by atoms with Crippen molar-refractivity contribution in [1.82, 2.24) is 5.43 Å². The first-order valence-electron chi connectivity index (χ1n) is 5.50. The summed E-state index contributed by atoms with van der Waals surface area (Å²) in [7, 11) is 0. The number of para-hydroxylation sites is 1. The molecule has 3 nitrogen and oxygen atoms in total. The Hall–Kier alpha value is -1.32. The Balaban J connectivity index is 2.31. The largest absolute Gasteiger partial charge is 0.492 e. The molecule has 16 heavy (non-hydrogen) atoms. The van der Waals surface area contributed by atoms with Gasteiger partial charge in [0.15, 0.2) is 0 Å². The minimum atomic E-state index is 0.164. The lowest BCUT2D eigenvalue weighted by atomic mass is 10.1. The van der Waals surface area contributed by atoms with Gasteiger partial charge in [-0.2, -0.15) is 0 Å². The van der Waals surface area contributed by atoms with Crippen LogP contribution < -0.4 is 16.0 Å². The average molecular weight is 220 g/mol. The summed E-state index contributed by atoms with van der Waals surface area (Å²) in [6, 6.07) is 9.91. The number of allylic oxidation sites excluding steroid dienone is 1. The van der Waals surface area contributed by atoms with E-state index in [9.17, 15) is 0 Å². The topological polar surface area (TPSA) is 47.3 Å². The Labute approximate surface area is 97.3 Å². The van der Waals surface area contributed by atoms with Crippen molar-refractivity contribution in [1.29, 1.82) is 0 Å². The fourth-order valence-corrected chi connectivity index (χ4v) is 1.35. The second-order valence-corrected chi connectivity index (χ2v) is 3.98. The molecule has 0 saturated carbocycles. The van der Waals surface area contributed by atoms with Crippen molar-refractivity contribution in [3.05, 3.63) is 42.5 Å². The van der Waals surface area contributed by atoms with Crippen LogP contribution in [-0.2, 0) is 0 Å². The molecule has 0 fully saturated rings. The van der Waals surface area contributed by atoms with Crippen molar-refractivity contribution in [2.24, 2.45) is 5.84 Å². The van der Waals surface area contributed by atoms with Gasteiger partial charge in [0, 0.05) is 0 Å². The molecule has 88 valence electrons. The molecule has 1 aromatic rings. The molecule has 0 aliphatic rings. The summed E-state index contributed by atoms with van der Waals surface area (Å²) < 4.78 is 5.62. The number of nitrogens with two attached hydrogens (primary N) is 1. The zero-order chi connectivity index (χ0) is 11.8. The molecule has 0 aliphatic heterocycles. The molecule has 0 amide bonds. The maximum absolute atomic E-state index is 5.62. The third-order valence-corrected chi connectivity index (χ3v) is 2.35. The van der Waals surface area contributed by atoms with Gasteiger partial charge in [-0.05, 0) is 31.9 Å². The van der Waals surface area contributed by atoms with Crippen molar-refractivity contribution in [2.75, 3.05) is 6.61 Å². The van der Waals surface area contributed by atoms with Crippen LogP contribution in [0.25, 0.3) is 0 Å². The number of hydrogen-bond acceptors (Lipinski definition) is 3. The fraction of sp³-hybridized carbons (Fsp3) is 0.385. The van der Waals surface area contributed by atoms with Gasteiger partial charge in [-0.3, -0.25) is 11.3 Å². The van der Waals surface area contributed by atoms with E-state index in [-0.39, 0.29) is 6.04 Å². The predicted octanol–water partition coefficient (Wildman–Crippen LogP) is 2.25. The number of benzene rings is 1. The Morgan fingerprint density at radius 2 is 2.12 bits per heavy atom. The molecule has 0 radical (unpaired) electrons. The van der Waals surface area contributed by atoms with Gasteiger partial charge in [-0.1, -0.05) is 23.8 Å². The number of nitrogens with one attached hydrogen (secondary N) is 1. The van der Waals surface area contributed by atoms with Crippen LogP contribution in [0, 0.1) is 0 Å². The first-order chi connectivity index (χ1) is 7.72. The van der Waals surface area contributed by atoms with Gasteiger partial charge in [-0.15, -0.1) is 6.58 Å². The maximum Gasteiger partial charge on any atom is 0.119 e. The van der Waals surface area contributed by atoms with E-state index in [1.165, 1.54) is 5.57 Å². The van der Waals surface area contributed by atoms with Gasteiger partial charge in [0.1, 0.15) is 12.4 Å². The molecule has 0 heterocycles. The summed E-state index contributed by atoms with van der Waals surface area (Å²) in [6.45, 7) is 6.47. The second-order valence-electron chi connectivity index (χ2n) is 3.98. The van der Waals surface area contributed by atoms with Gasteiger partial charge in [0.25, 0.3) is 0 Å². The van der Waals surface area contributed by atoms with Gasteiger partial charge in [0.05, 0.1) is 6.04 Å². The summed E-state index contributed by atoms with van der Waals surface area (Å²) >= 11 is 0. The average Bonchev–Trinajstić information content (AvgIpc) is 2.30. The normalized spacial score (nSPS) is 12.1. The molecule has 1 unspecified atom stereocenters. The number of rotatable bonds is 7. The van der Waals surface area contributed by atoms with Crippen LogP contribution in [0.5, 0.6) is 5.75 Å². The monoisotopic (exact) mass is 220 g/mol. The van der Waals surface area contributed by atoms with Crippen molar-refractivity contribution < 1.29 is 4.74 Å². The molecule has 0 spiro atoms. The highest BCUT2D eigenvalue weighted by Gasteiger charge is 2.07. The molecular formula is C13H20N2O. The quantitative estimate of drug-likeness (QED) is 0.421. The predicted molar refractivity (Wildman–Crippen MR) is 67.1 cm³/mol. The van der Waals surface area contributed by atoms with Gasteiger partial charge < -0.3 is 4.74 Å². The van der Waals surface area contributed by atoms with Crippen LogP contribution >= 0.6 is 0 Å². The lowest BCUT2D eigenvalue weighted by Crippen LogP contribution is -2.39. The van der Waals surface area contributed by atoms with Crippen LogP contribution in [0.15, 0.2) is 42.5 Å². The molecule has 0 bridgehead atoms. The smallest absolute Gasteiger partial charge is 0.119 e. The second kappa shape index (κ2) is 7.04. The zero-order valence-electron chi connectivity index (χ0n) is 9.78. The Morgan fingerprint density at radius 1 is 1.44 bits per heavy atom. The molecule has 1 aromatic carbocycles. The highest BCUT2D eigenvalue weighted by atomic mass is 16.5. The first kappa shape index (κ1) is 12.7. The molecule has 3 N–H and O–H groups in total. The highest BCUT2D eigenvalue weighted by Crippen LogP contribution is 2.10. The van der Waals surface area contributed by atoms with E-state index in [4.69, 9.17) is 10.6 Å². The van der Waals surface area contributed by atoms with Crippen LogP contribution in [0.1, 0.15) is 19.8 Å². The maximum atomic E-state index is 5.62. The number of hydrogen-bond donors (Lipinski definition) is 2. The van der Waals surface area contributed by atoms with E-state index in [0.29, 0.717) is 6.61 Å². The van der Waals surface area contributed by atoms with Gasteiger partial charge in [-0.25, -0.2) is 0 Å². The molecule has 0 aliphatic carbocycles. The first-order valence-corrected chi connectivity index (χ1v) is 5.50. The summed E-state index contributed by atoms with van der Waals surface area (Å²) in [5, 5.41) is 0. The number of hydrazine groups is 1. The van der Waals surface area contributed by atoms with Gasteiger partial charge in [0.2, 0.25) is 0 Å². The van der Waals surface area contributed by atoms with Crippen LogP contribution in [0.2, 0.25) is 0 Å². The van der Waals surface area contributed by atoms with Crippen molar-refractivity contribution in [3.8, 4) is 5.75 Å². The van der Waals surface area contributed by atoms with Crippen LogP contribution in [-0.4, -0.2) is 12.6 Å². The highest BCUT2D eigenvalue weighted by molar-refractivity contribution is 5.20. The summed E-state index contributed by atoms with van der Waals surface area (Å²) in [6.07, 6.45) is 1.91. The standard InChI is InChI=1S/C13H20N2O/c1-11(2)8-9-12(15-14)10-16-13-6-4-3-5-7-13/h3-7,12,15H,1,8-10,14H2,2H3. The molecule has 0 saturated heterocycles. The third-order valence-electron chi connectivity index (χ3n) is 2.35. The molecule has 1 atom stereocenters. The third kappa shape index (κ3) is 4.96. The summed E-state index contributed by atoms with van der Waals surface area (Å²) in [4.78, 5) is 0. The van der Waals surface area contributed by atoms with E-state index in [0.717, 1.165) is 18.6 Å². The van der Waals surface area contributed by atoms with E-state index < -0.39 is 0 Å². The van der Waals surface area contributed by atoms with Crippen molar-refractivity contribution >= 4 is 0 Å². The lowest BCUT2D eigenvalue weighted by Gasteiger charge is -2.16. The van der Waals surface area contributed by atoms with E-state index in [1.807, 2.05) is 37.3 Å². The van der Waals surface area contributed by atoms with Gasteiger partial charge >= 0.3 is 0 Å². The van der Waals surface area contributed by atoms with Crippen LogP contribution in [0.3, 0.4) is 0 Å². The fourth-order valence-electron chi connectivity index (χ4n) is 1.35.